The third kappa shape index (κ3) is 5.77. The van der Waals surface area contributed by atoms with Crippen molar-refractivity contribution in [3.8, 4) is 34.5 Å². The average molecular weight is 638 g/mol. The van der Waals surface area contributed by atoms with Gasteiger partial charge in [-0.2, -0.15) is 0 Å². The predicted molar refractivity (Wildman–Crippen MR) is 177 cm³/mol. The molecule has 4 aromatic rings. The van der Waals surface area contributed by atoms with Crippen LogP contribution in [0.3, 0.4) is 0 Å². The zero-order chi connectivity index (χ0) is 32.8. The molecule has 1 N–H and O–H groups in total. The van der Waals surface area contributed by atoms with E-state index in [4.69, 9.17) is 18.9 Å². The number of fused-ring (bicyclic) bond motifs is 2. The monoisotopic (exact) mass is 637 g/mol. The first-order valence-electron chi connectivity index (χ1n) is 15.9. The van der Waals surface area contributed by atoms with Gasteiger partial charge in [0.1, 0.15) is 11.5 Å². The number of benzene rings is 4. The Kier molecular flexibility index (Phi) is 8.25. The summed E-state index contributed by atoms with van der Waals surface area (Å²) in [6.45, 7) is 1.48. The molecule has 0 aliphatic carbocycles. The van der Waals surface area contributed by atoms with Crippen molar-refractivity contribution in [1.29, 1.82) is 0 Å². The molecule has 0 fully saturated rings. The van der Waals surface area contributed by atoms with E-state index >= 15 is 0 Å². The molecule has 10 nitrogen and oxygen atoms in total. The van der Waals surface area contributed by atoms with Gasteiger partial charge in [-0.25, -0.2) is 0 Å². The van der Waals surface area contributed by atoms with Crippen LogP contribution in [0.25, 0.3) is 0 Å². The van der Waals surface area contributed by atoms with Gasteiger partial charge in [-0.3, -0.25) is 19.9 Å². The SMILES string of the molecule is COc1cc2c3cc1Oc1c(OC)c(CO)cc4c1[C@H](Cc1ccc(cc1)Oc1cc(cc([N+](=O)[O-])c1)C[C@H]3N(C)CC2)N(C)CC4. The van der Waals surface area contributed by atoms with E-state index in [9.17, 15) is 15.2 Å². The van der Waals surface area contributed by atoms with Crippen LogP contribution in [0.15, 0.2) is 60.7 Å². The normalized spacial score (nSPS) is 19.1. The largest absolute Gasteiger partial charge is 0.493 e. The lowest BCUT2D eigenvalue weighted by atomic mass is 9.86. The van der Waals surface area contributed by atoms with E-state index in [2.05, 4.69) is 23.9 Å². The van der Waals surface area contributed by atoms with Gasteiger partial charge >= 0.3 is 0 Å². The quantitative estimate of drug-likeness (QED) is 0.197. The second-order valence-corrected chi connectivity index (χ2v) is 12.7. The molecule has 4 aliphatic heterocycles. The van der Waals surface area contributed by atoms with Crippen LogP contribution in [-0.4, -0.2) is 61.2 Å². The highest BCUT2D eigenvalue weighted by Crippen LogP contribution is 2.50. The minimum atomic E-state index is -0.374. The summed E-state index contributed by atoms with van der Waals surface area (Å²) in [5, 5.41) is 22.4. The number of likely N-dealkylation sites (N-methyl/N-ethyl adjacent to an activating group) is 2. The number of aliphatic hydroxyl groups excluding tert-OH is 1. The summed E-state index contributed by atoms with van der Waals surface area (Å²) in [4.78, 5) is 16.2. The van der Waals surface area contributed by atoms with E-state index in [-0.39, 0.29) is 29.3 Å². The van der Waals surface area contributed by atoms with E-state index in [1.165, 1.54) is 6.07 Å². The molecule has 47 heavy (non-hydrogen) atoms. The summed E-state index contributed by atoms with van der Waals surface area (Å²) >= 11 is 0. The maximum absolute atomic E-state index is 12.0. The van der Waals surface area contributed by atoms with Gasteiger partial charge in [-0.1, -0.05) is 12.1 Å². The van der Waals surface area contributed by atoms with Crippen molar-refractivity contribution in [2.75, 3.05) is 41.4 Å². The topological polar surface area (TPSA) is 107 Å². The average Bonchev–Trinajstić information content (AvgIpc) is 3.07. The zero-order valence-electron chi connectivity index (χ0n) is 27.1. The number of rotatable bonds is 4. The van der Waals surface area contributed by atoms with Gasteiger partial charge in [0.05, 0.1) is 31.8 Å². The van der Waals surface area contributed by atoms with Crippen molar-refractivity contribution in [2.45, 2.75) is 44.4 Å². The van der Waals surface area contributed by atoms with Crippen molar-refractivity contribution in [3.63, 3.8) is 0 Å². The highest BCUT2D eigenvalue weighted by Gasteiger charge is 2.34. The van der Waals surface area contributed by atoms with Crippen molar-refractivity contribution in [3.05, 3.63) is 110 Å². The fourth-order valence-corrected chi connectivity index (χ4v) is 7.36. The fourth-order valence-electron chi connectivity index (χ4n) is 7.36. The van der Waals surface area contributed by atoms with E-state index in [1.54, 1.807) is 20.3 Å². The molecule has 8 rings (SSSR count). The molecule has 10 heteroatoms. The van der Waals surface area contributed by atoms with Gasteiger partial charge in [0.25, 0.3) is 5.69 Å². The van der Waals surface area contributed by atoms with E-state index in [0.29, 0.717) is 52.9 Å². The van der Waals surface area contributed by atoms with Crippen molar-refractivity contribution >= 4 is 5.69 Å². The molecule has 0 unspecified atom stereocenters. The Balaban J connectivity index is 1.46. The molecule has 6 bridgehead atoms. The number of nitrogens with zero attached hydrogens (tertiary/aromatic N) is 3. The van der Waals surface area contributed by atoms with Gasteiger partial charge < -0.3 is 24.1 Å². The van der Waals surface area contributed by atoms with Gasteiger partial charge in [0.15, 0.2) is 23.0 Å². The molecule has 0 aromatic heterocycles. The Hall–Kier alpha value is -4.64. The first-order valence-corrected chi connectivity index (χ1v) is 15.9. The van der Waals surface area contributed by atoms with Gasteiger partial charge in [0, 0.05) is 42.4 Å². The predicted octanol–water partition coefficient (Wildman–Crippen LogP) is 6.55. The number of nitro groups is 1. The maximum Gasteiger partial charge on any atom is 0.273 e. The van der Waals surface area contributed by atoms with E-state index < -0.39 is 0 Å². The Morgan fingerprint density at radius 3 is 2.28 bits per heavy atom. The number of non-ortho nitro benzene ring substituents is 1. The van der Waals surface area contributed by atoms with E-state index in [0.717, 1.165) is 59.3 Å². The standard InChI is InChI=1S/C37H39N3O7/c1-38-11-9-24-18-33(44-3)34-20-30(24)31(38)16-23-13-27(40(42)43)19-29(14-23)46-28-7-5-22(6-8-28)15-32-35-25(10-12-39(32)2)17-26(21-41)36(45-4)37(35)47-34/h5-8,13-14,17-20,31-32,41H,9-12,15-16,21H2,1-4H3/t31-,32+/m1/s1. The second kappa shape index (κ2) is 12.5. The molecule has 244 valence electrons. The molecule has 0 saturated carbocycles. The van der Waals surface area contributed by atoms with Crippen LogP contribution in [0, 0.1) is 10.1 Å². The molecular weight excluding hydrogens is 598 g/mol. The number of nitro benzene ring substituents is 1. The molecule has 2 atom stereocenters. The van der Waals surface area contributed by atoms with Crippen LogP contribution < -0.4 is 18.9 Å². The van der Waals surface area contributed by atoms with Crippen LogP contribution in [0.5, 0.6) is 34.5 Å². The molecule has 0 radical (unpaired) electrons. The van der Waals surface area contributed by atoms with Gasteiger partial charge in [-0.15, -0.1) is 0 Å². The Labute approximate surface area is 274 Å². The van der Waals surface area contributed by atoms with Gasteiger partial charge in [0.2, 0.25) is 0 Å². The Morgan fingerprint density at radius 1 is 0.851 bits per heavy atom. The number of ether oxygens (including phenoxy) is 4. The maximum atomic E-state index is 12.0. The van der Waals surface area contributed by atoms with Crippen molar-refractivity contribution in [2.24, 2.45) is 0 Å². The molecule has 4 aromatic carbocycles. The van der Waals surface area contributed by atoms with Crippen molar-refractivity contribution < 1.29 is 29.0 Å². The number of hydrogen-bond donors (Lipinski definition) is 1. The van der Waals surface area contributed by atoms with Gasteiger partial charge in [-0.05, 0) is 104 Å². The highest BCUT2D eigenvalue weighted by molar-refractivity contribution is 5.61. The molecular formula is C37H39N3O7. The minimum Gasteiger partial charge on any atom is -0.493 e. The summed E-state index contributed by atoms with van der Waals surface area (Å²) < 4.78 is 25.1. The van der Waals surface area contributed by atoms with E-state index in [1.807, 2.05) is 48.5 Å². The van der Waals surface area contributed by atoms with Crippen LogP contribution in [0.2, 0.25) is 0 Å². The van der Waals surface area contributed by atoms with Crippen LogP contribution >= 0.6 is 0 Å². The third-order valence-electron chi connectivity index (χ3n) is 9.85. The molecule has 0 saturated heterocycles. The summed E-state index contributed by atoms with van der Waals surface area (Å²) in [6, 6.07) is 18.9. The van der Waals surface area contributed by atoms with Crippen molar-refractivity contribution in [1.82, 2.24) is 9.80 Å². The number of aliphatic hydroxyl groups is 1. The molecule has 4 aliphatic rings. The Bertz CT molecular complexity index is 1840. The molecule has 0 amide bonds. The summed E-state index contributed by atoms with van der Waals surface area (Å²) in [6.07, 6.45) is 2.85. The lowest BCUT2D eigenvalue weighted by Crippen LogP contribution is -2.34. The Morgan fingerprint density at radius 2 is 1.57 bits per heavy atom. The van der Waals surface area contributed by atoms with Crippen LogP contribution in [0.1, 0.15) is 51.0 Å². The highest BCUT2D eigenvalue weighted by atomic mass is 16.6. The molecule has 4 heterocycles. The third-order valence-corrected chi connectivity index (χ3v) is 9.85. The first-order chi connectivity index (χ1) is 22.8. The summed E-state index contributed by atoms with van der Waals surface area (Å²) in [5.74, 6) is 3.26. The summed E-state index contributed by atoms with van der Waals surface area (Å²) in [5.41, 5.74) is 6.92. The minimum absolute atomic E-state index is 0.0134. The molecule has 0 spiro atoms. The lowest BCUT2D eigenvalue weighted by molar-refractivity contribution is -0.385. The van der Waals surface area contributed by atoms with Crippen LogP contribution in [0.4, 0.5) is 5.69 Å². The van der Waals surface area contributed by atoms with Crippen LogP contribution in [-0.2, 0) is 32.3 Å². The number of methoxy groups -OCH3 is 2. The lowest BCUT2D eigenvalue weighted by Gasteiger charge is -2.37. The first kappa shape index (κ1) is 31.0. The fraction of sp³-hybridized carbons (Fsp3) is 0.351. The summed E-state index contributed by atoms with van der Waals surface area (Å²) in [7, 11) is 7.44. The zero-order valence-corrected chi connectivity index (χ0v) is 27.1. The smallest absolute Gasteiger partial charge is 0.273 e. The number of hydrogen-bond acceptors (Lipinski definition) is 9. The second-order valence-electron chi connectivity index (χ2n) is 12.7.